The molecule has 0 radical (unpaired) electrons. The topological polar surface area (TPSA) is 95.9 Å². The van der Waals surface area contributed by atoms with Crippen molar-refractivity contribution in [2.45, 2.75) is 19.3 Å². The first-order valence-electron chi connectivity index (χ1n) is 10.5. The molecule has 1 fully saturated rings. The highest BCUT2D eigenvalue weighted by atomic mass is 16.5. The van der Waals surface area contributed by atoms with Crippen molar-refractivity contribution >= 4 is 18.0 Å². The number of aliphatic carboxylic acids is 1. The molecule has 1 atom stereocenters. The summed E-state index contributed by atoms with van der Waals surface area (Å²) in [6, 6.07) is 16.3. The van der Waals surface area contributed by atoms with Gasteiger partial charge in [0.2, 0.25) is 5.91 Å². The van der Waals surface area contributed by atoms with Crippen LogP contribution in [0.4, 0.5) is 4.79 Å². The molecule has 7 nitrogen and oxygen atoms in total. The number of nitrogens with one attached hydrogen (secondary N) is 1. The Hall–Kier alpha value is -3.35. The summed E-state index contributed by atoms with van der Waals surface area (Å²) < 4.78 is 5.50. The van der Waals surface area contributed by atoms with E-state index in [9.17, 15) is 14.4 Å². The van der Waals surface area contributed by atoms with E-state index in [4.69, 9.17) is 9.84 Å². The minimum absolute atomic E-state index is 0.00532. The zero-order chi connectivity index (χ0) is 22.0. The molecular weight excluding hydrogens is 396 g/mol. The molecule has 7 heteroatoms. The molecule has 2 aromatic rings. The molecule has 0 bridgehead atoms. The quantitative estimate of drug-likeness (QED) is 0.715. The third-order valence-corrected chi connectivity index (χ3v) is 6.05. The maximum atomic E-state index is 12.2. The highest BCUT2D eigenvalue weighted by molar-refractivity contribution is 5.81. The van der Waals surface area contributed by atoms with E-state index >= 15 is 0 Å². The molecular formula is C24H26N2O5. The Balaban J connectivity index is 1.24. The number of likely N-dealkylation sites (tertiary alicyclic amines) is 1. The van der Waals surface area contributed by atoms with Crippen molar-refractivity contribution < 1.29 is 24.2 Å². The van der Waals surface area contributed by atoms with Crippen LogP contribution in [0.3, 0.4) is 0 Å². The van der Waals surface area contributed by atoms with Gasteiger partial charge in [0.25, 0.3) is 0 Å². The van der Waals surface area contributed by atoms with Crippen molar-refractivity contribution in [2.75, 3.05) is 26.2 Å². The molecule has 1 unspecified atom stereocenters. The van der Waals surface area contributed by atoms with Gasteiger partial charge < -0.3 is 20.1 Å². The number of fused-ring (bicyclic) bond motifs is 3. The van der Waals surface area contributed by atoms with Crippen molar-refractivity contribution in [1.82, 2.24) is 10.2 Å². The van der Waals surface area contributed by atoms with Crippen LogP contribution in [0.1, 0.15) is 30.4 Å². The average Bonchev–Trinajstić information content (AvgIpc) is 3.03. The number of carbonyl (C=O) groups is 3. The van der Waals surface area contributed by atoms with Gasteiger partial charge in [-0.1, -0.05) is 55.5 Å². The smallest absolute Gasteiger partial charge is 0.407 e. The number of benzene rings is 2. The van der Waals surface area contributed by atoms with E-state index in [0.29, 0.717) is 6.54 Å². The van der Waals surface area contributed by atoms with Gasteiger partial charge in [-0.3, -0.25) is 9.59 Å². The molecule has 31 heavy (non-hydrogen) atoms. The van der Waals surface area contributed by atoms with E-state index in [2.05, 4.69) is 29.6 Å². The zero-order valence-electron chi connectivity index (χ0n) is 17.4. The highest BCUT2D eigenvalue weighted by Crippen LogP contribution is 2.44. The van der Waals surface area contributed by atoms with E-state index in [1.165, 1.54) is 11.1 Å². The highest BCUT2D eigenvalue weighted by Gasteiger charge is 2.35. The van der Waals surface area contributed by atoms with E-state index in [1.54, 1.807) is 4.90 Å². The molecule has 1 aliphatic heterocycles. The molecule has 162 valence electrons. The van der Waals surface area contributed by atoms with Crippen molar-refractivity contribution in [1.29, 1.82) is 0 Å². The molecule has 1 saturated heterocycles. The molecule has 0 saturated carbocycles. The van der Waals surface area contributed by atoms with E-state index < -0.39 is 18.0 Å². The molecule has 2 N–H and O–H groups in total. The zero-order valence-corrected chi connectivity index (χ0v) is 17.4. The molecule has 2 aromatic carbocycles. The normalized spacial score (nSPS) is 16.1. The number of ether oxygens (including phenoxy) is 1. The van der Waals surface area contributed by atoms with E-state index in [-0.39, 0.29) is 43.9 Å². The van der Waals surface area contributed by atoms with Crippen LogP contribution in [0.2, 0.25) is 0 Å². The van der Waals surface area contributed by atoms with Crippen LogP contribution in [0.5, 0.6) is 0 Å². The molecule has 4 rings (SSSR count). The largest absolute Gasteiger partial charge is 0.481 e. The van der Waals surface area contributed by atoms with Gasteiger partial charge >= 0.3 is 12.1 Å². The summed E-state index contributed by atoms with van der Waals surface area (Å²) in [5.74, 6) is -1.48. The number of hydrogen-bond donors (Lipinski definition) is 2. The van der Waals surface area contributed by atoms with Gasteiger partial charge in [-0.05, 0) is 28.2 Å². The number of nitrogens with zero attached hydrogens (tertiary/aromatic N) is 1. The SMILES string of the molecule is CC(CNC(=O)OCC1c2ccccc2-c2ccccc21)CC(=O)N1CC(C(=O)O)C1. The lowest BCUT2D eigenvalue weighted by atomic mass is 9.98. The number of hydrogen-bond acceptors (Lipinski definition) is 4. The summed E-state index contributed by atoms with van der Waals surface area (Å²) in [5, 5.41) is 11.6. The second-order valence-corrected chi connectivity index (χ2v) is 8.35. The van der Waals surface area contributed by atoms with Crippen molar-refractivity contribution in [3.63, 3.8) is 0 Å². The third kappa shape index (κ3) is 4.40. The minimum atomic E-state index is -0.867. The molecule has 0 spiro atoms. The lowest BCUT2D eigenvalue weighted by Gasteiger charge is -2.37. The van der Waals surface area contributed by atoms with Crippen LogP contribution in [0, 0.1) is 11.8 Å². The molecule has 1 heterocycles. The molecule has 2 aliphatic rings. The molecule has 2 amide bonds. The Morgan fingerprint density at radius 1 is 1.06 bits per heavy atom. The van der Waals surface area contributed by atoms with Crippen LogP contribution < -0.4 is 5.32 Å². The number of carboxylic acids is 1. The van der Waals surface area contributed by atoms with Crippen molar-refractivity contribution in [2.24, 2.45) is 11.8 Å². The summed E-state index contributed by atoms with van der Waals surface area (Å²) >= 11 is 0. The maximum absolute atomic E-state index is 12.2. The Morgan fingerprint density at radius 3 is 2.23 bits per heavy atom. The maximum Gasteiger partial charge on any atom is 0.407 e. The van der Waals surface area contributed by atoms with Gasteiger partial charge in [0.15, 0.2) is 0 Å². The number of carbonyl (C=O) groups excluding carboxylic acids is 2. The summed E-state index contributed by atoms with van der Waals surface area (Å²) in [5.41, 5.74) is 4.67. The van der Waals surface area contributed by atoms with Crippen LogP contribution in [0.25, 0.3) is 11.1 Å². The number of amides is 2. The van der Waals surface area contributed by atoms with Gasteiger partial charge in [-0.15, -0.1) is 0 Å². The number of alkyl carbamates (subject to hydrolysis) is 1. The van der Waals surface area contributed by atoms with Gasteiger partial charge in [0, 0.05) is 32.0 Å². The Kier molecular flexibility index (Phi) is 5.93. The Morgan fingerprint density at radius 2 is 1.65 bits per heavy atom. The van der Waals surface area contributed by atoms with Gasteiger partial charge in [0.05, 0.1) is 5.92 Å². The van der Waals surface area contributed by atoms with Crippen LogP contribution in [-0.4, -0.2) is 54.2 Å². The Bertz CT molecular complexity index is 953. The van der Waals surface area contributed by atoms with Crippen LogP contribution in [-0.2, 0) is 14.3 Å². The Labute approximate surface area is 181 Å². The number of carboxylic acid groups (broad SMARTS) is 1. The fourth-order valence-electron chi connectivity index (χ4n) is 4.24. The third-order valence-electron chi connectivity index (χ3n) is 6.05. The van der Waals surface area contributed by atoms with Crippen molar-refractivity contribution in [3.05, 3.63) is 59.7 Å². The fraction of sp³-hybridized carbons (Fsp3) is 0.375. The summed E-state index contributed by atoms with van der Waals surface area (Å²) in [6.45, 7) is 2.97. The first-order valence-corrected chi connectivity index (χ1v) is 10.5. The first-order chi connectivity index (χ1) is 14.9. The molecule has 1 aliphatic carbocycles. The van der Waals surface area contributed by atoms with Gasteiger partial charge in [0.1, 0.15) is 6.61 Å². The average molecular weight is 422 g/mol. The summed E-state index contributed by atoms with van der Waals surface area (Å²) in [6.07, 6.45) is -0.244. The minimum Gasteiger partial charge on any atom is -0.481 e. The molecule has 0 aromatic heterocycles. The van der Waals surface area contributed by atoms with Gasteiger partial charge in [-0.2, -0.15) is 0 Å². The van der Waals surface area contributed by atoms with Gasteiger partial charge in [-0.25, -0.2) is 4.79 Å². The van der Waals surface area contributed by atoms with E-state index in [0.717, 1.165) is 11.1 Å². The van der Waals surface area contributed by atoms with Crippen molar-refractivity contribution in [3.8, 4) is 11.1 Å². The lowest BCUT2D eigenvalue weighted by Crippen LogP contribution is -2.53. The predicted molar refractivity (Wildman–Crippen MR) is 115 cm³/mol. The monoisotopic (exact) mass is 422 g/mol. The predicted octanol–water partition coefficient (Wildman–Crippen LogP) is 3.09. The lowest BCUT2D eigenvalue weighted by molar-refractivity contribution is -0.153. The second kappa shape index (κ2) is 8.79. The standard InChI is InChI=1S/C24H26N2O5/c1-15(10-22(27)26-12-16(13-26)23(28)29)11-25-24(30)31-14-21-19-8-4-2-6-17(19)18-7-3-5-9-20(18)21/h2-9,15-16,21H,10-14H2,1H3,(H,25,30)(H,28,29). The van der Waals surface area contributed by atoms with Crippen LogP contribution >= 0.6 is 0 Å². The second-order valence-electron chi connectivity index (χ2n) is 8.35. The summed E-state index contributed by atoms with van der Waals surface area (Å²) in [4.78, 5) is 36.8. The number of rotatable bonds is 7. The first kappa shape index (κ1) is 20.9. The summed E-state index contributed by atoms with van der Waals surface area (Å²) in [7, 11) is 0. The fourth-order valence-corrected chi connectivity index (χ4v) is 4.24. The van der Waals surface area contributed by atoms with Crippen LogP contribution in [0.15, 0.2) is 48.5 Å². The van der Waals surface area contributed by atoms with E-state index in [1.807, 2.05) is 31.2 Å².